The summed E-state index contributed by atoms with van der Waals surface area (Å²) in [5.74, 6) is -0.520. The molecule has 3 aromatic rings. The summed E-state index contributed by atoms with van der Waals surface area (Å²) in [5, 5.41) is 3.55. The highest BCUT2D eigenvalue weighted by Gasteiger charge is 2.31. The van der Waals surface area contributed by atoms with Gasteiger partial charge in [0.25, 0.3) is 0 Å². The molecule has 0 bridgehead atoms. The van der Waals surface area contributed by atoms with Gasteiger partial charge in [0.2, 0.25) is 0 Å². The van der Waals surface area contributed by atoms with Crippen LogP contribution in [0.3, 0.4) is 0 Å². The number of nitrogens with one attached hydrogen (secondary N) is 1. The molecule has 3 heteroatoms. The molecule has 0 spiro atoms. The highest BCUT2D eigenvalue weighted by Crippen LogP contribution is 2.30. The summed E-state index contributed by atoms with van der Waals surface area (Å²) in [7, 11) is 0. The van der Waals surface area contributed by atoms with Crippen molar-refractivity contribution in [2.24, 2.45) is 5.92 Å². The summed E-state index contributed by atoms with van der Waals surface area (Å²) < 4.78 is 5.44. The Balaban J connectivity index is 1.96. The Morgan fingerprint density at radius 2 is 1.41 bits per heavy atom. The summed E-state index contributed by atoms with van der Waals surface area (Å²) in [4.78, 5) is 12.9. The van der Waals surface area contributed by atoms with Crippen LogP contribution in [0, 0.1) is 5.92 Å². The zero-order valence-electron chi connectivity index (χ0n) is 15.5. The van der Waals surface area contributed by atoms with Crippen LogP contribution in [0.25, 0.3) is 0 Å². The molecule has 3 nitrogen and oxygen atoms in total. The Labute approximate surface area is 161 Å². The first kappa shape index (κ1) is 18.7. The van der Waals surface area contributed by atoms with E-state index in [0.717, 1.165) is 16.8 Å². The smallest absolute Gasteiger partial charge is 0.311 e. The van der Waals surface area contributed by atoms with Crippen molar-refractivity contribution in [2.75, 3.05) is 11.9 Å². The fourth-order valence-electron chi connectivity index (χ4n) is 3.25. The number of rotatable bonds is 8. The largest absolute Gasteiger partial charge is 0.466 e. The molecule has 0 saturated heterocycles. The van der Waals surface area contributed by atoms with E-state index in [2.05, 4.69) is 29.6 Å². The minimum absolute atomic E-state index is 0.182. The van der Waals surface area contributed by atoms with Crippen molar-refractivity contribution in [3.63, 3.8) is 0 Å². The molecule has 0 fully saturated rings. The van der Waals surface area contributed by atoms with E-state index in [1.807, 2.05) is 73.7 Å². The molecule has 0 aromatic heterocycles. The lowest BCUT2D eigenvalue weighted by molar-refractivity contribution is -0.148. The molecule has 0 amide bonds. The number of carbonyl (C=O) groups is 1. The van der Waals surface area contributed by atoms with Crippen LogP contribution in [0.1, 0.15) is 24.1 Å². The number of hydrogen-bond donors (Lipinski definition) is 1. The number of carbonyl (C=O) groups excluding carboxylic acids is 1. The van der Waals surface area contributed by atoms with Crippen LogP contribution >= 0.6 is 0 Å². The van der Waals surface area contributed by atoms with Crippen molar-refractivity contribution in [2.45, 2.75) is 19.4 Å². The first-order valence-electron chi connectivity index (χ1n) is 9.35. The second-order valence-electron chi connectivity index (χ2n) is 6.45. The van der Waals surface area contributed by atoms with Gasteiger partial charge in [0.05, 0.1) is 18.6 Å². The van der Waals surface area contributed by atoms with Crippen LogP contribution in [-0.2, 0) is 16.0 Å². The number of hydrogen-bond acceptors (Lipinski definition) is 3. The molecule has 0 saturated carbocycles. The zero-order valence-corrected chi connectivity index (χ0v) is 15.5. The second kappa shape index (κ2) is 9.58. The van der Waals surface area contributed by atoms with Gasteiger partial charge in [-0.15, -0.1) is 0 Å². The molecule has 2 atom stereocenters. The molecular weight excluding hydrogens is 334 g/mol. The SMILES string of the molecule is CCOC(=O)[C@H](Cc1ccccc1)[C@H](Nc1ccccc1)c1ccccc1. The molecule has 0 aliphatic rings. The van der Waals surface area contributed by atoms with Crippen LogP contribution < -0.4 is 5.32 Å². The third kappa shape index (κ3) is 5.20. The van der Waals surface area contributed by atoms with Gasteiger partial charge in [0, 0.05) is 5.69 Å². The molecule has 0 unspecified atom stereocenters. The molecule has 0 aliphatic carbocycles. The Morgan fingerprint density at radius 3 is 2.00 bits per heavy atom. The zero-order chi connectivity index (χ0) is 18.9. The lowest BCUT2D eigenvalue weighted by atomic mass is 9.87. The number of para-hydroxylation sites is 1. The van der Waals surface area contributed by atoms with E-state index in [0.29, 0.717) is 13.0 Å². The molecule has 3 rings (SSSR count). The number of ether oxygens (including phenoxy) is 1. The van der Waals surface area contributed by atoms with Gasteiger partial charge >= 0.3 is 5.97 Å². The molecule has 0 heterocycles. The van der Waals surface area contributed by atoms with Gasteiger partial charge in [0.15, 0.2) is 0 Å². The quantitative estimate of drug-likeness (QED) is 0.557. The highest BCUT2D eigenvalue weighted by molar-refractivity contribution is 5.75. The van der Waals surface area contributed by atoms with E-state index in [1.165, 1.54) is 0 Å². The highest BCUT2D eigenvalue weighted by atomic mass is 16.5. The monoisotopic (exact) mass is 359 g/mol. The second-order valence-corrected chi connectivity index (χ2v) is 6.45. The summed E-state index contributed by atoms with van der Waals surface area (Å²) in [6.07, 6.45) is 0.610. The Morgan fingerprint density at radius 1 is 0.852 bits per heavy atom. The maximum atomic E-state index is 12.9. The van der Waals surface area contributed by atoms with Crippen LogP contribution in [0.15, 0.2) is 91.0 Å². The average Bonchev–Trinajstić information content (AvgIpc) is 2.73. The lowest BCUT2D eigenvalue weighted by Crippen LogP contribution is -2.31. The van der Waals surface area contributed by atoms with Crippen molar-refractivity contribution in [1.82, 2.24) is 0 Å². The van der Waals surface area contributed by atoms with E-state index in [9.17, 15) is 4.79 Å². The minimum atomic E-state index is -0.338. The van der Waals surface area contributed by atoms with E-state index >= 15 is 0 Å². The number of esters is 1. The van der Waals surface area contributed by atoms with Crippen molar-refractivity contribution in [3.05, 3.63) is 102 Å². The van der Waals surface area contributed by atoms with Gasteiger partial charge < -0.3 is 10.1 Å². The number of benzene rings is 3. The predicted molar refractivity (Wildman–Crippen MR) is 110 cm³/mol. The summed E-state index contributed by atoms with van der Waals surface area (Å²) in [5.41, 5.74) is 3.16. The van der Waals surface area contributed by atoms with Gasteiger partial charge in [-0.1, -0.05) is 78.9 Å². The normalized spacial score (nSPS) is 12.8. The van der Waals surface area contributed by atoms with Crippen LogP contribution in [0.5, 0.6) is 0 Å². The Bertz CT molecular complexity index is 819. The van der Waals surface area contributed by atoms with E-state index in [1.54, 1.807) is 0 Å². The first-order chi connectivity index (χ1) is 13.3. The standard InChI is InChI=1S/C24H25NO2/c1-2-27-24(26)22(18-19-12-6-3-7-13-19)23(20-14-8-4-9-15-20)25-21-16-10-5-11-17-21/h3-17,22-23,25H,2,18H2,1H3/t22-,23-/m1/s1. The van der Waals surface area contributed by atoms with E-state index < -0.39 is 0 Å². The van der Waals surface area contributed by atoms with E-state index in [-0.39, 0.29) is 17.9 Å². The minimum Gasteiger partial charge on any atom is -0.466 e. The summed E-state index contributed by atoms with van der Waals surface area (Å²) in [6, 6.07) is 30.0. The van der Waals surface area contributed by atoms with Gasteiger partial charge in [0.1, 0.15) is 0 Å². The topological polar surface area (TPSA) is 38.3 Å². The average molecular weight is 359 g/mol. The Hall–Kier alpha value is -3.07. The first-order valence-corrected chi connectivity index (χ1v) is 9.35. The molecule has 27 heavy (non-hydrogen) atoms. The van der Waals surface area contributed by atoms with Crippen LogP contribution in [-0.4, -0.2) is 12.6 Å². The predicted octanol–water partition coefficient (Wildman–Crippen LogP) is 5.26. The van der Waals surface area contributed by atoms with Crippen molar-refractivity contribution >= 4 is 11.7 Å². The van der Waals surface area contributed by atoms with Crippen LogP contribution in [0.4, 0.5) is 5.69 Å². The molecule has 0 aliphatic heterocycles. The summed E-state index contributed by atoms with van der Waals surface area (Å²) in [6.45, 7) is 2.22. The van der Waals surface area contributed by atoms with Crippen molar-refractivity contribution in [3.8, 4) is 0 Å². The molecule has 0 radical (unpaired) electrons. The number of anilines is 1. The maximum absolute atomic E-state index is 12.9. The fourth-order valence-corrected chi connectivity index (χ4v) is 3.25. The molecule has 138 valence electrons. The van der Waals surface area contributed by atoms with Gasteiger partial charge in [-0.05, 0) is 36.6 Å². The summed E-state index contributed by atoms with van der Waals surface area (Å²) >= 11 is 0. The Kier molecular flexibility index (Phi) is 6.64. The lowest BCUT2D eigenvalue weighted by Gasteiger charge is -2.28. The third-order valence-corrected chi connectivity index (χ3v) is 4.54. The maximum Gasteiger partial charge on any atom is 0.311 e. The van der Waals surface area contributed by atoms with Crippen molar-refractivity contribution < 1.29 is 9.53 Å². The molecule has 3 aromatic carbocycles. The molecular formula is C24H25NO2. The van der Waals surface area contributed by atoms with E-state index in [4.69, 9.17) is 4.74 Å². The van der Waals surface area contributed by atoms with Crippen molar-refractivity contribution in [1.29, 1.82) is 0 Å². The fraction of sp³-hybridized carbons (Fsp3) is 0.208. The van der Waals surface area contributed by atoms with Crippen LogP contribution in [0.2, 0.25) is 0 Å². The van der Waals surface area contributed by atoms with Gasteiger partial charge in [-0.2, -0.15) is 0 Å². The third-order valence-electron chi connectivity index (χ3n) is 4.54. The molecule has 1 N–H and O–H groups in total. The van der Waals surface area contributed by atoms with Gasteiger partial charge in [-0.3, -0.25) is 4.79 Å². The van der Waals surface area contributed by atoms with Gasteiger partial charge in [-0.25, -0.2) is 0 Å².